The number of rotatable bonds is 6. The maximum Gasteiger partial charge on any atom is 0.325 e. The molecule has 1 unspecified atom stereocenters. The summed E-state index contributed by atoms with van der Waals surface area (Å²) in [6, 6.07) is 4.53. The van der Waals surface area contributed by atoms with E-state index in [1.165, 1.54) is 6.92 Å². The number of benzene rings is 1. The second kappa shape index (κ2) is 7.86. The molecule has 10 heteroatoms. The van der Waals surface area contributed by atoms with Crippen LogP contribution in [-0.2, 0) is 15.1 Å². The fourth-order valence-electron chi connectivity index (χ4n) is 3.30. The van der Waals surface area contributed by atoms with E-state index in [1.54, 1.807) is 39.2 Å². The van der Waals surface area contributed by atoms with Crippen LogP contribution in [0.1, 0.15) is 40.3 Å². The fourth-order valence-corrected chi connectivity index (χ4v) is 4.18. The zero-order chi connectivity index (χ0) is 22.2. The number of carbonyl (C=O) groups is 4. The largest absolute Gasteiger partial charge is 0.496 e. The molecule has 1 atom stereocenters. The lowest BCUT2D eigenvalue weighted by atomic mass is 9.90. The number of urea groups is 1. The van der Waals surface area contributed by atoms with Crippen molar-refractivity contribution in [1.82, 2.24) is 15.2 Å². The van der Waals surface area contributed by atoms with E-state index >= 15 is 0 Å². The van der Waals surface area contributed by atoms with E-state index in [0.29, 0.717) is 21.9 Å². The fraction of sp³-hybridized carbons (Fsp3) is 0.350. The van der Waals surface area contributed by atoms with Gasteiger partial charge in [0, 0.05) is 6.92 Å². The Hall–Kier alpha value is -3.27. The molecule has 0 radical (unpaired) electrons. The Morgan fingerprint density at radius 2 is 2.00 bits per heavy atom. The first-order valence-corrected chi connectivity index (χ1v) is 9.96. The summed E-state index contributed by atoms with van der Waals surface area (Å²) in [7, 11) is 1.55. The summed E-state index contributed by atoms with van der Waals surface area (Å²) in [4.78, 5) is 54.9. The van der Waals surface area contributed by atoms with Crippen molar-refractivity contribution in [1.29, 1.82) is 0 Å². The van der Waals surface area contributed by atoms with Gasteiger partial charge in [-0.3, -0.25) is 19.3 Å². The summed E-state index contributed by atoms with van der Waals surface area (Å²) in [6.45, 7) is 6.05. The summed E-state index contributed by atoms with van der Waals surface area (Å²) < 4.78 is 5.24. The molecular formula is C20H22N4O5S. The standard InChI is InChI=1S/C20H22N4O5S/c1-10-8-13(6-7-14(10)29-5)20(4)17(27)24(19(28)23-20)9-15(26)22-18-21-11(2)16(30-18)12(3)25/h6-8H,9H2,1-5H3,(H,23,28)(H,21,22,26). The number of aromatic nitrogens is 1. The summed E-state index contributed by atoms with van der Waals surface area (Å²) in [6.07, 6.45) is 0. The van der Waals surface area contributed by atoms with Crippen LogP contribution in [0.2, 0.25) is 0 Å². The number of thiazole rings is 1. The molecule has 158 valence electrons. The molecule has 0 bridgehead atoms. The normalized spacial score (nSPS) is 18.4. The first-order valence-electron chi connectivity index (χ1n) is 9.14. The highest BCUT2D eigenvalue weighted by molar-refractivity contribution is 7.17. The van der Waals surface area contributed by atoms with Crippen LogP contribution in [0.3, 0.4) is 0 Å². The molecule has 1 aliphatic rings. The Morgan fingerprint density at radius 3 is 2.57 bits per heavy atom. The summed E-state index contributed by atoms with van der Waals surface area (Å²) in [5, 5.41) is 5.45. The molecule has 1 aromatic carbocycles. The quantitative estimate of drug-likeness (QED) is 0.537. The van der Waals surface area contributed by atoms with Gasteiger partial charge in [0.25, 0.3) is 5.91 Å². The maximum absolute atomic E-state index is 13.0. The third-order valence-electron chi connectivity index (χ3n) is 4.91. The van der Waals surface area contributed by atoms with E-state index in [-0.39, 0.29) is 10.9 Å². The molecule has 0 saturated carbocycles. The van der Waals surface area contributed by atoms with Crippen molar-refractivity contribution in [2.24, 2.45) is 0 Å². The molecule has 30 heavy (non-hydrogen) atoms. The number of ketones is 1. The molecule has 1 aliphatic heterocycles. The van der Waals surface area contributed by atoms with Gasteiger partial charge in [-0.1, -0.05) is 17.4 Å². The molecule has 4 amide bonds. The smallest absolute Gasteiger partial charge is 0.325 e. The lowest BCUT2D eigenvalue weighted by molar-refractivity contribution is -0.133. The van der Waals surface area contributed by atoms with Gasteiger partial charge in [-0.25, -0.2) is 9.78 Å². The van der Waals surface area contributed by atoms with E-state index in [9.17, 15) is 19.2 Å². The molecule has 9 nitrogen and oxygen atoms in total. The van der Waals surface area contributed by atoms with Crippen molar-refractivity contribution in [2.75, 3.05) is 19.0 Å². The number of methoxy groups -OCH3 is 1. The molecule has 2 heterocycles. The van der Waals surface area contributed by atoms with E-state index in [1.807, 2.05) is 6.92 Å². The van der Waals surface area contributed by atoms with Gasteiger partial charge in [-0.2, -0.15) is 0 Å². The molecule has 2 N–H and O–H groups in total. The van der Waals surface area contributed by atoms with Crippen molar-refractivity contribution < 1.29 is 23.9 Å². The van der Waals surface area contributed by atoms with Crippen LogP contribution in [0, 0.1) is 13.8 Å². The second-order valence-electron chi connectivity index (χ2n) is 7.17. The summed E-state index contributed by atoms with van der Waals surface area (Å²) in [5.74, 6) is -0.603. The van der Waals surface area contributed by atoms with Gasteiger partial charge >= 0.3 is 6.03 Å². The van der Waals surface area contributed by atoms with Crippen LogP contribution in [0.4, 0.5) is 9.93 Å². The number of amides is 4. The predicted molar refractivity (Wildman–Crippen MR) is 111 cm³/mol. The van der Waals surface area contributed by atoms with Gasteiger partial charge in [0.15, 0.2) is 10.9 Å². The summed E-state index contributed by atoms with van der Waals surface area (Å²) in [5.41, 5.74) is 0.618. The first-order chi connectivity index (χ1) is 14.1. The van der Waals surface area contributed by atoms with Gasteiger partial charge in [0.05, 0.1) is 17.7 Å². The Labute approximate surface area is 177 Å². The predicted octanol–water partition coefficient (Wildman–Crippen LogP) is 2.38. The highest BCUT2D eigenvalue weighted by atomic mass is 32.1. The zero-order valence-electron chi connectivity index (χ0n) is 17.3. The highest BCUT2D eigenvalue weighted by Crippen LogP contribution is 2.32. The van der Waals surface area contributed by atoms with Crippen LogP contribution in [0.5, 0.6) is 5.75 Å². The van der Waals surface area contributed by atoms with Gasteiger partial charge in [-0.15, -0.1) is 0 Å². The number of carbonyl (C=O) groups excluding carboxylic acids is 4. The number of hydrogen-bond acceptors (Lipinski definition) is 7. The number of nitrogens with zero attached hydrogens (tertiary/aromatic N) is 2. The number of nitrogens with one attached hydrogen (secondary N) is 2. The van der Waals surface area contributed by atoms with E-state index in [2.05, 4.69) is 15.6 Å². The van der Waals surface area contributed by atoms with Crippen molar-refractivity contribution >= 4 is 40.1 Å². The monoisotopic (exact) mass is 430 g/mol. The summed E-state index contributed by atoms with van der Waals surface area (Å²) >= 11 is 1.05. The third-order valence-corrected chi connectivity index (χ3v) is 6.09. The van der Waals surface area contributed by atoms with Crippen molar-refractivity contribution in [3.8, 4) is 5.75 Å². The van der Waals surface area contributed by atoms with E-state index < -0.39 is 29.9 Å². The molecule has 1 saturated heterocycles. The number of ether oxygens (including phenoxy) is 1. The Morgan fingerprint density at radius 1 is 1.30 bits per heavy atom. The number of hydrogen-bond donors (Lipinski definition) is 2. The van der Waals surface area contributed by atoms with Crippen molar-refractivity contribution in [2.45, 2.75) is 33.2 Å². The van der Waals surface area contributed by atoms with Crippen LogP contribution in [0.15, 0.2) is 18.2 Å². The average Bonchev–Trinajstić information content (AvgIpc) is 3.14. The van der Waals surface area contributed by atoms with Crippen molar-refractivity contribution in [3.05, 3.63) is 39.9 Å². The topological polar surface area (TPSA) is 118 Å². The molecule has 3 rings (SSSR count). The molecule has 2 aromatic rings. The molecule has 1 fully saturated rings. The van der Waals surface area contributed by atoms with Crippen molar-refractivity contribution in [3.63, 3.8) is 0 Å². The maximum atomic E-state index is 13.0. The SMILES string of the molecule is COc1ccc(C2(C)NC(=O)N(CC(=O)Nc3nc(C)c(C(C)=O)s3)C2=O)cc1C. The lowest BCUT2D eigenvalue weighted by Crippen LogP contribution is -2.42. The van der Waals surface area contributed by atoms with Crippen LogP contribution in [-0.4, -0.2) is 47.2 Å². The Bertz CT molecular complexity index is 1060. The van der Waals surface area contributed by atoms with E-state index in [4.69, 9.17) is 4.74 Å². The molecule has 0 spiro atoms. The lowest BCUT2D eigenvalue weighted by Gasteiger charge is -2.23. The number of aryl methyl sites for hydroxylation is 2. The average molecular weight is 430 g/mol. The van der Waals surface area contributed by atoms with Gasteiger partial charge < -0.3 is 15.4 Å². The van der Waals surface area contributed by atoms with E-state index in [0.717, 1.165) is 21.8 Å². The Balaban J connectivity index is 1.76. The van der Waals surface area contributed by atoms with Gasteiger partial charge in [-0.05, 0) is 44.0 Å². The van der Waals surface area contributed by atoms with Gasteiger partial charge in [0.1, 0.15) is 17.8 Å². The van der Waals surface area contributed by atoms with Crippen LogP contribution in [0.25, 0.3) is 0 Å². The van der Waals surface area contributed by atoms with Crippen LogP contribution >= 0.6 is 11.3 Å². The minimum absolute atomic E-state index is 0.148. The Kier molecular flexibility index (Phi) is 5.62. The van der Waals surface area contributed by atoms with Gasteiger partial charge in [0.2, 0.25) is 5.91 Å². The first kappa shape index (κ1) is 21.4. The minimum Gasteiger partial charge on any atom is -0.496 e. The third kappa shape index (κ3) is 3.78. The minimum atomic E-state index is -1.30. The molecule has 1 aromatic heterocycles. The number of anilines is 1. The van der Waals surface area contributed by atoms with Crippen LogP contribution < -0.4 is 15.4 Å². The number of Topliss-reactive ketones (excluding diaryl/α,β-unsaturated/α-hetero) is 1. The zero-order valence-corrected chi connectivity index (χ0v) is 18.1. The molecule has 0 aliphatic carbocycles. The molecular weight excluding hydrogens is 408 g/mol. The second-order valence-corrected chi connectivity index (χ2v) is 8.17. The number of imide groups is 1. The highest BCUT2D eigenvalue weighted by Gasteiger charge is 2.49.